The third kappa shape index (κ3) is 3.40. The molecule has 3 atom stereocenters. The number of ether oxygens (including phenoxy) is 1. The van der Waals surface area contributed by atoms with Gasteiger partial charge in [-0.2, -0.15) is 0 Å². The highest BCUT2D eigenvalue weighted by molar-refractivity contribution is 5.70. The number of carboxylic acid groups (broad SMARTS) is 1. The highest BCUT2D eigenvalue weighted by atomic mass is 19.3. The monoisotopic (exact) mass is 320 g/mol. The Labute approximate surface area is 124 Å². The van der Waals surface area contributed by atoms with Gasteiger partial charge in [0.15, 0.2) is 11.6 Å². The minimum absolute atomic E-state index is 0.0486. The van der Waals surface area contributed by atoms with Crippen LogP contribution in [0.25, 0.3) is 0 Å². The van der Waals surface area contributed by atoms with Crippen molar-refractivity contribution in [2.75, 3.05) is 6.61 Å². The van der Waals surface area contributed by atoms with Crippen LogP contribution >= 0.6 is 0 Å². The maximum atomic E-state index is 13.0. The van der Waals surface area contributed by atoms with Crippen LogP contribution in [0.1, 0.15) is 18.4 Å². The second-order valence-electron chi connectivity index (χ2n) is 5.59. The first-order valence-electron chi connectivity index (χ1n) is 6.85. The highest BCUT2D eigenvalue weighted by Crippen LogP contribution is 2.47. The van der Waals surface area contributed by atoms with Gasteiger partial charge in [0, 0.05) is 0 Å². The quantitative estimate of drug-likeness (QED) is 0.807. The predicted molar refractivity (Wildman–Crippen MR) is 69.6 cm³/mol. The number of benzene rings is 1. The molecule has 1 saturated carbocycles. The zero-order chi connectivity index (χ0) is 16.5. The summed E-state index contributed by atoms with van der Waals surface area (Å²) in [5.74, 6) is -6.88. The smallest absolute Gasteiger partial charge is 0.306 e. The van der Waals surface area contributed by atoms with Crippen LogP contribution < -0.4 is 0 Å². The van der Waals surface area contributed by atoms with Crippen LogP contribution in [0.5, 0.6) is 0 Å². The van der Waals surface area contributed by atoms with Gasteiger partial charge in [0.05, 0.1) is 17.9 Å². The van der Waals surface area contributed by atoms with Gasteiger partial charge in [-0.05, 0) is 31.4 Å². The molecule has 2 aliphatic rings. The molecule has 1 N–H and O–H groups in total. The molecule has 7 heteroatoms. The van der Waals surface area contributed by atoms with Crippen molar-refractivity contribution in [3.63, 3.8) is 0 Å². The largest absolute Gasteiger partial charge is 0.481 e. The van der Waals surface area contributed by atoms with Crippen molar-refractivity contribution in [2.45, 2.75) is 31.8 Å². The molecule has 3 nitrogen and oxygen atoms in total. The van der Waals surface area contributed by atoms with E-state index >= 15 is 0 Å². The van der Waals surface area contributed by atoms with Crippen LogP contribution in [-0.4, -0.2) is 29.7 Å². The molecule has 1 aliphatic heterocycles. The molecule has 1 aromatic rings. The molecule has 1 aliphatic carbocycles. The van der Waals surface area contributed by atoms with E-state index in [0.717, 1.165) is 6.07 Å². The van der Waals surface area contributed by atoms with Gasteiger partial charge < -0.3 is 9.84 Å². The van der Waals surface area contributed by atoms with Crippen molar-refractivity contribution in [1.29, 1.82) is 0 Å². The summed E-state index contributed by atoms with van der Waals surface area (Å²) in [7, 11) is 0. The van der Waals surface area contributed by atoms with E-state index in [0.29, 0.717) is 5.56 Å². The zero-order valence-corrected chi connectivity index (χ0v) is 11.9. The molecular weight excluding hydrogens is 304 g/mol. The summed E-state index contributed by atoms with van der Waals surface area (Å²) in [4.78, 5) is 10.5. The van der Waals surface area contributed by atoms with E-state index in [1.807, 2.05) is 0 Å². The summed E-state index contributed by atoms with van der Waals surface area (Å²) >= 11 is 0. The van der Waals surface area contributed by atoms with Crippen molar-refractivity contribution in [3.05, 3.63) is 35.4 Å². The summed E-state index contributed by atoms with van der Waals surface area (Å²) < 4.78 is 55.5. The van der Waals surface area contributed by atoms with Crippen LogP contribution in [-0.2, 0) is 9.53 Å². The van der Waals surface area contributed by atoms with Gasteiger partial charge in [0.1, 0.15) is 6.61 Å². The van der Waals surface area contributed by atoms with Crippen LogP contribution in [0.4, 0.5) is 17.6 Å². The first kappa shape index (κ1) is 16.7. The third-order valence-electron chi connectivity index (χ3n) is 4.03. The number of halogens is 4. The van der Waals surface area contributed by atoms with E-state index in [1.165, 1.54) is 19.1 Å². The Kier molecular flexibility index (Phi) is 4.75. The van der Waals surface area contributed by atoms with E-state index in [1.54, 1.807) is 0 Å². The Hall–Kier alpha value is -1.63. The van der Waals surface area contributed by atoms with E-state index in [4.69, 9.17) is 9.84 Å². The lowest BCUT2D eigenvalue weighted by Crippen LogP contribution is -2.27. The fourth-order valence-corrected chi connectivity index (χ4v) is 2.77. The minimum atomic E-state index is -2.82. The number of fused-ring (bicyclic) bond motifs is 1. The van der Waals surface area contributed by atoms with Crippen molar-refractivity contribution >= 4 is 5.97 Å². The van der Waals surface area contributed by atoms with Crippen molar-refractivity contribution < 1.29 is 32.2 Å². The molecule has 3 unspecified atom stereocenters. The van der Waals surface area contributed by atoms with E-state index < -0.39 is 48.1 Å². The molecular formula is C15H16F4O3. The van der Waals surface area contributed by atoms with Gasteiger partial charge in [-0.1, -0.05) is 12.1 Å². The number of carbonyl (C=O) groups is 1. The van der Waals surface area contributed by atoms with E-state index in [9.17, 15) is 22.4 Å². The zero-order valence-electron chi connectivity index (χ0n) is 11.9. The maximum absolute atomic E-state index is 13.0. The molecule has 22 heavy (non-hydrogen) atoms. The van der Waals surface area contributed by atoms with E-state index in [2.05, 4.69) is 0 Å². The fourth-order valence-electron chi connectivity index (χ4n) is 2.77. The Morgan fingerprint density at radius 1 is 1.32 bits per heavy atom. The average Bonchev–Trinajstić information content (AvgIpc) is 2.98. The maximum Gasteiger partial charge on any atom is 0.306 e. The number of hydrogen-bond acceptors (Lipinski definition) is 2. The van der Waals surface area contributed by atoms with Crippen molar-refractivity contribution in [1.82, 2.24) is 0 Å². The average molecular weight is 320 g/mol. The predicted octanol–water partition coefficient (Wildman–Crippen LogP) is 3.40. The lowest BCUT2D eigenvalue weighted by atomic mass is 9.99. The number of rotatable bonds is 1. The normalized spacial score (nSPS) is 28.7. The molecule has 0 spiro atoms. The summed E-state index contributed by atoms with van der Waals surface area (Å²) in [5, 5.41) is 8.64. The summed E-state index contributed by atoms with van der Waals surface area (Å²) in [6, 6.07) is 4.11. The standard InChI is InChI=1S/C8H10F2O3.C7H6F2/c9-8(10)3-13-6-2-4(7(11)12)1-5(6)8;1-5-3-2-4-6(8)7(5)9/h4-6H,1-3H2,(H,11,12);2-4H,1H3. The van der Waals surface area contributed by atoms with Crippen LogP contribution in [0.2, 0.25) is 0 Å². The molecule has 0 aromatic heterocycles. The fraction of sp³-hybridized carbons (Fsp3) is 0.533. The first-order chi connectivity index (χ1) is 10.2. The number of alkyl halides is 2. The van der Waals surface area contributed by atoms with Gasteiger partial charge in [-0.3, -0.25) is 4.79 Å². The lowest BCUT2D eigenvalue weighted by molar-refractivity contribution is -0.142. The SMILES string of the molecule is Cc1cccc(F)c1F.O=C(O)C1CC2OCC(F)(F)C2C1. The second-order valence-corrected chi connectivity index (χ2v) is 5.59. The Balaban J connectivity index is 0.000000172. The Bertz CT molecular complexity index is 541. The van der Waals surface area contributed by atoms with Gasteiger partial charge in [-0.15, -0.1) is 0 Å². The molecule has 0 radical (unpaired) electrons. The van der Waals surface area contributed by atoms with E-state index in [-0.39, 0.29) is 12.8 Å². The minimum Gasteiger partial charge on any atom is -0.481 e. The number of aliphatic carboxylic acids is 1. The van der Waals surface area contributed by atoms with Gasteiger partial charge in [0.2, 0.25) is 0 Å². The molecule has 3 rings (SSSR count). The highest BCUT2D eigenvalue weighted by Gasteiger charge is 2.56. The summed E-state index contributed by atoms with van der Waals surface area (Å²) in [6.07, 6.45) is -0.265. The molecule has 2 fully saturated rings. The lowest BCUT2D eigenvalue weighted by Gasteiger charge is -2.14. The van der Waals surface area contributed by atoms with Gasteiger partial charge in [-0.25, -0.2) is 17.6 Å². The van der Waals surface area contributed by atoms with Crippen LogP contribution in [0, 0.1) is 30.4 Å². The topological polar surface area (TPSA) is 46.5 Å². The second kappa shape index (κ2) is 6.24. The molecule has 1 heterocycles. The van der Waals surface area contributed by atoms with Crippen LogP contribution in [0.15, 0.2) is 18.2 Å². The van der Waals surface area contributed by atoms with Crippen molar-refractivity contribution in [3.8, 4) is 0 Å². The number of hydrogen-bond donors (Lipinski definition) is 1. The summed E-state index contributed by atoms with van der Waals surface area (Å²) in [6.45, 7) is 0.979. The molecule has 0 amide bonds. The van der Waals surface area contributed by atoms with Crippen LogP contribution in [0.3, 0.4) is 0 Å². The Morgan fingerprint density at radius 3 is 2.50 bits per heavy atom. The number of carboxylic acids is 1. The molecule has 1 saturated heterocycles. The summed E-state index contributed by atoms with van der Waals surface area (Å²) in [5.41, 5.74) is 0.343. The number of aryl methyl sites for hydroxylation is 1. The molecule has 0 bridgehead atoms. The van der Waals surface area contributed by atoms with Gasteiger partial charge in [0.25, 0.3) is 5.92 Å². The molecule has 122 valence electrons. The van der Waals surface area contributed by atoms with Crippen molar-refractivity contribution in [2.24, 2.45) is 11.8 Å². The molecule has 1 aromatic carbocycles. The first-order valence-corrected chi connectivity index (χ1v) is 6.85. The van der Waals surface area contributed by atoms with Gasteiger partial charge >= 0.3 is 5.97 Å². The third-order valence-corrected chi connectivity index (χ3v) is 4.03. The Morgan fingerprint density at radius 2 is 2.00 bits per heavy atom.